The topological polar surface area (TPSA) is 57.7 Å². The summed E-state index contributed by atoms with van der Waals surface area (Å²) in [4.78, 5) is 45.1. The molecule has 1 aromatic rings. The zero-order valence-corrected chi connectivity index (χ0v) is 31.4. The first-order chi connectivity index (χ1) is 22.2. The number of benzene rings is 1. The molecule has 5 nitrogen and oxygen atoms in total. The quantitative estimate of drug-likeness (QED) is 0.0899. The Morgan fingerprint density at radius 3 is 1.02 bits per heavy atom. The van der Waals surface area contributed by atoms with Gasteiger partial charge in [-0.2, -0.15) is 0 Å². The number of unbranched alkanes of at least 4 members (excludes halogenated alkanes) is 4. The smallest absolute Gasteiger partial charge is 0.253 e. The van der Waals surface area contributed by atoms with Gasteiger partial charge in [0.25, 0.3) is 11.8 Å². The fourth-order valence-electron chi connectivity index (χ4n) is 6.73. The molecule has 0 bridgehead atoms. The summed E-state index contributed by atoms with van der Waals surface area (Å²) in [6.45, 7) is 20.7. The summed E-state index contributed by atoms with van der Waals surface area (Å²) in [5.74, 6) is 1.70. The monoisotopic (exact) mass is 641 g/mol. The third-order valence-electron chi connectivity index (χ3n) is 10.2. The van der Waals surface area contributed by atoms with Crippen molar-refractivity contribution >= 4 is 18.1 Å². The lowest BCUT2D eigenvalue weighted by molar-refractivity contribution is 0.0682. The van der Waals surface area contributed by atoms with Crippen LogP contribution in [0.25, 0.3) is 0 Å². The highest BCUT2D eigenvalue weighted by Crippen LogP contribution is 2.24. The van der Waals surface area contributed by atoms with E-state index >= 15 is 0 Å². The van der Waals surface area contributed by atoms with Crippen molar-refractivity contribution in [1.29, 1.82) is 0 Å². The van der Waals surface area contributed by atoms with Crippen LogP contribution in [0.5, 0.6) is 0 Å². The summed E-state index contributed by atoms with van der Waals surface area (Å²) in [6.07, 6.45) is 18.6. The Morgan fingerprint density at radius 1 is 0.522 bits per heavy atom. The number of hydrogen-bond acceptors (Lipinski definition) is 3. The van der Waals surface area contributed by atoms with E-state index in [2.05, 4.69) is 65.2 Å². The van der Waals surface area contributed by atoms with Crippen LogP contribution in [0.3, 0.4) is 0 Å². The highest BCUT2D eigenvalue weighted by Gasteiger charge is 2.27. The lowest BCUT2D eigenvalue weighted by Gasteiger charge is -2.32. The third-order valence-corrected chi connectivity index (χ3v) is 10.2. The van der Waals surface area contributed by atoms with Crippen molar-refractivity contribution in [1.82, 2.24) is 9.80 Å². The average Bonchev–Trinajstić information content (AvgIpc) is 3.09. The lowest BCUT2D eigenvalue weighted by Crippen LogP contribution is -2.40. The fraction of sp³-hybridized carbons (Fsp3) is 0.780. The van der Waals surface area contributed by atoms with E-state index in [-0.39, 0.29) is 11.8 Å². The molecule has 4 unspecified atom stereocenters. The first kappa shape index (κ1) is 41.9. The highest BCUT2D eigenvalue weighted by atomic mass is 16.2. The molecule has 0 radical (unpaired) electrons. The van der Waals surface area contributed by atoms with Gasteiger partial charge in [-0.25, -0.2) is 0 Å². The second kappa shape index (κ2) is 24.9. The van der Waals surface area contributed by atoms with Crippen LogP contribution >= 0.6 is 0 Å². The second-order valence-electron chi connectivity index (χ2n) is 14.0. The predicted octanol–water partition coefficient (Wildman–Crippen LogP) is 11.2. The maximum Gasteiger partial charge on any atom is 0.253 e. The molecule has 2 amide bonds. The third kappa shape index (κ3) is 15.2. The molecule has 0 spiro atoms. The summed E-state index contributed by atoms with van der Waals surface area (Å²) in [5.41, 5.74) is 1.35. The first-order valence-electron chi connectivity index (χ1n) is 19.4. The summed E-state index contributed by atoms with van der Waals surface area (Å²) in [6, 6.07) is 5.20. The van der Waals surface area contributed by atoms with E-state index in [4.69, 9.17) is 0 Å². The standard InChI is InChI=1S/C41H72N2O3/c1-9-17-21-33(13-5)28-42(29-34(14-6)22-18-10-2)40(45)38-25-37(32-44)26-39(27-38)41(46)43(30-35(15-7)23-19-11-3)31-36(16-8)24-20-12-4/h25-27,32-36H,9-24,28-31H2,1-8H3. The van der Waals surface area contributed by atoms with Crippen LogP contribution in [-0.2, 0) is 0 Å². The summed E-state index contributed by atoms with van der Waals surface area (Å²) in [7, 11) is 0. The largest absolute Gasteiger partial charge is 0.338 e. The first-order valence-corrected chi connectivity index (χ1v) is 19.4. The Balaban J connectivity index is 3.54. The van der Waals surface area contributed by atoms with Crippen LogP contribution in [0.4, 0.5) is 0 Å². The van der Waals surface area contributed by atoms with Crippen molar-refractivity contribution in [2.45, 2.75) is 158 Å². The van der Waals surface area contributed by atoms with Gasteiger partial charge in [0.1, 0.15) is 6.29 Å². The molecule has 0 aliphatic heterocycles. The molecule has 0 aliphatic rings. The van der Waals surface area contributed by atoms with E-state index in [9.17, 15) is 14.4 Å². The van der Waals surface area contributed by atoms with Crippen molar-refractivity contribution in [2.24, 2.45) is 23.7 Å². The van der Waals surface area contributed by atoms with Crippen molar-refractivity contribution < 1.29 is 14.4 Å². The summed E-state index contributed by atoms with van der Waals surface area (Å²) in [5, 5.41) is 0. The molecule has 4 atom stereocenters. The predicted molar refractivity (Wildman–Crippen MR) is 197 cm³/mol. The molecule has 5 heteroatoms. The molecule has 1 rings (SSSR count). The van der Waals surface area contributed by atoms with Gasteiger partial charge >= 0.3 is 0 Å². The number of rotatable bonds is 27. The van der Waals surface area contributed by atoms with Gasteiger partial charge < -0.3 is 9.80 Å². The van der Waals surface area contributed by atoms with Gasteiger partial charge in [-0.3, -0.25) is 14.4 Å². The van der Waals surface area contributed by atoms with Crippen LogP contribution in [-0.4, -0.2) is 54.1 Å². The molecule has 0 saturated carbocycles. The molecule has 46 heavy (non-hydrogen) atoms. The minimum Gasteiger partial charge on any atom is -0.338 e. The van der Waals surface area contributed by atoms with Gasteiger partial charge in [-0.05, 0) is 67.6 Å². The van der Waals surface area contributed by atoms with Gasteiger partial charge in [0, 0.05) is 42.9 Å². The van der Waals surface area contributed by atoms with E-state index in [0.717, 1.165) is 135 Å². The zero-order chi connectivity index (χ0) is 34.3. The molecular weight excluding hydrogens is 568 g/mol. The molecule has 0 aliphatic carbocycles. The van der Waals surface area contributed by atoms with Crippen molar-refractivity contribution in [2.75, 3.05) is 26.2 Å². The Bertz CT molecular complexity index is 870. The number of carbonyl (C=O) groups excluding carboxylic acids is 3. The summed E-state index contributed by atoms with van der Waals surface area (Å²) >= 11 is 0. The van der Waals surface area contributed by atoms with Crippen LogP contribution in [0, 0.1) is 23.7 Å². The van der Waals surface area contributed by atoms with Gasteiger partial charge in [0.2, 0.25) is 0 Å². The van der Waals surface area contributed by atoms with E-state index in [1.807, 2.05) is 0 Å². The van der Waals surface area contributed by atoms with Crippen LogP contribution in [0.15, 0.2) is 18.2 Å². The molecule has 0 heterocycles. The van der Waals surface area contributed by atoms with E-state index in [1.165, 1.54) is 0 Å². The van der Waals surface area contributed by atoms with E-state index in [0.29, 0.717) is 40.4 Å². The van der Waals surface area contributed by atoms with Crippen LogP contribution in [0.1, 0.15) is 189 Å². The van der Waals surface area contributed by atoms with Crippen LogP contribution in [0.2, 0.25) is 0 Å². The molecule has 0 saturated heterocycles. The van der Waals surface area contributed by atoms with E-state index < -0.39 is 0 Å². The maximum absolute atomic E-state index is 14.4. The minimum atomic E-state index is -0.0436. The number of nitrogens with zero attached hydrogens (tertiary/aromatic N) is 2. The van der Waals surface area contributed by atoms with Crippen LogP contribution < -0.4 is 0 Å². The number of carbonyl (C=O) groups is 3. The minimum absolute atomic E-state index is 0.0436. The average molecular weight is 641 g/mol. The van der Waals surface area contributed by atoms with Crippen molar-refractivity contribution in [3.63, 3.8) is 0 Å². The highest BCUT2D eigenvalue weighted by molar-refractivity contribution is 6.01. The Labute approximate surface area is 284 Å². The maximum atomic E-state index is 14.4. The zero-order valence-electron chi connectivity index (χ0n) is 31.4. The molecule has 0 aromatic heterocycles. The molecular formula is C41H72N2O3. The molecule has 0 fully saturated rings. The second-order valence-corrected chi connectivity index (χ2v) is 14.0. The number of amides is 2. The van der Waals surface area contributed by atoms with E-state index in [1.54, 1.807) is 18.2 Å². The normalized spacial score (nSPS) is 14.0. The Kier molecular flexibility index (Phi) is 22.7. The van der Waals surface area contributed by atoms with Crippen molar-refractivity contribution in [3.05, 3.63) is 34.9 Å². The molecule has 1 aromatic carbocycles. The van der Waals surface area contributed by atoms with Gasteiger partial charge in [-0.15, -0.1) is 0 Å². The van der Waals surface area contributed by atoms with Crippen molar-refractivity contribution in [3.8, 4) is 0 Å². The van der Waals surface area contributed by atoms with Gasteiger partial charge in [0.15, 0.2) is 0 Å². The SMILES string of the molecule is CCCCC(CC)CN(CC(CC)CCCC)C(=O)c1cc(C=O)cc(C(=O)N(CC(CC)CCCC)CC(CC)CCCC)c1. The molecule has 0 N–H and O–H groups in total. The van der Waals surface area contributed by atoms with Gasteiger partial charge in [0.05, 0.1) is 0 Å². The Hall–Kier alpha value is -2.17. The Morgan fingerprint density at radius 2 is 0.804 bits per heavy atom. The lowest BCUT2D eigenvalue weighted by atomic mass is 9.94. The number of aldehydes is 1. The van der Waals surface area contributed by atoms with Gasteiger partial charge in [-0.1, -0.05) is 132 Å². The molecule has 264 valence electrons. The summed E-state index contributed by atoms with van der Waals surface area (Å²) < 4.78 is 0. The fourth-order valence-corrected chi connectivity index (χ4v) is 6.73. The number of hydrogen-bond donors (Lipinski definition) is 0.